The number of ketones is 1. The predicted octanol–water partition coefficient (Wildman–Crippen LogP) is 3.47. The van der Waals surface area contributed by atoms with E-state index in [9.17, 15) is 4.79 Å². The summed E-state index contributed by atoms with van der Waals surface area (Å²) in [5.74, 6) is 2.66. The maximum absolute atomic E-state index is 12.5. The Kier molecular flexibility index (Phi) is 3.45. The lowest BCUT2D eigenvalue weighted by Gasteiger charge is -2.19. The van der Waals surface area contributed by atoms with Gasteiger partial charge in [-0.3, -0.25) is 4.79 Å². The van der Waals surface area contributed by atoms with Gasteiger partial charge in [0.05, 0.1) is 0 Å². The lowest BCUT2D eigenvalue weighted by molar-refractivity contribution is 0.0918. The van der Waals surface area contributed by atoms with Crippen molar-refractivity contribution in [3.63, 3.8) is 0 Å². The summed E-state index contributed by atoms with van der Waals surface area (Å²) in [4.78, 5) is 12.5. The summed E-state index contributed by atoms with van der Waals surface area (Å²) in [6, 6.07) is 5.57. The molecule has 0 aromatic heterocycles. The van der Waals surface area contributed by atoms with Crippen molar-refractivity contribution in [1.82, 2.24) is 0 Å². The second kappa shape index (κ2) is 5.24. The number of hydrogen-bond acceptors (Lipinski definition) is 3. The summed E-state index contributed by atoms with van der Waals surface area (Å²) < 4.78 is 11.0. The normalized spacial score (nSPS) is 25.3. The molecule has 1 aromatic carbocycles. The van der Waals surface area contributed by atoms with Crippen molar-refractivity contribution in [2.75, 3.05) is 13.2 Å². The van der Waals surface area contributed by atoms with Crippen molar-refractivity contribution in [2.45, 2.75) is 32.6 Å². The minimum absolute atomic E-state index is 0.201. The lowest BCUT2D eigenvalue weighted by atomic mass is 9.94. The highest BCUT2D eigenvalue weighted by atomic mass is 16.6. The smallest absolute Gasteiger partial charge is 0.166 e. The molecule has 102 valence electrons. The molecular formula is C16H20O3. The number of carbonyl (C=O) groups excluding carboxylic acids is 1. The Morgan fingerprint density at radius 2 is 2.00 bits per heavy atom. The van der Waals surface area contributed by atoms with Gasteiger partial charge in [0.1, 0.15) is 13.2 Å². The molecule has 1 saturated carbocycles. The van der Waals surface area contributed by atoms with Crippen LogP contribution in [0.25, 0.3) is 0 Å². The summed E-state index contributed by atoms with van der Waals surface area (Å²) in [6.07, 6.45) is 4.46. The third kappa shape index (κ3) is 2.46. The van der Waals surface area contributed by atoms with Crippen LogP contribution in [-0.4, -0.2) is 19.0 Å². The van der Waals surface area contributed by atoms with E-state index in [1.165, 1.54) is 12.8 Å². The Bertz CT molecular complexity index is 481. The molecule has 0 bridgehead atoms. The van der Waals surface area contributed by atoms with Crippen LogP contribution in [0.3, 0.4) is 0 Å². The van der Waals surface area contributed by atoms with E-state index in [-0.39, 0.29) is 11.7 Å². The first-order valence-electron chi connectivity index (χ1n) is 7.21. The highest BCUT2D eigenvalue weighted by Crippen LogP contribution is 2.37. The first-order valence-corrected chi connectivity index (χ1v) is 7.21. The van der Waals surface area contributed by atoms with E-state index in [2.05, 4.69) is 6.92 Å². The van der Waals surface area contributed by atoms with Crippen LogP contribution in [0.2, 0.25) is 0 Å². The zero-order valence-corrected chi connectivity index (χ0v) is 11.4. The highest BCUT2D eigenvalue weighted by Gasteiger charge is 2.30. The molecule has 0 saturated heterocycles. The van der Waals surface area contributed by atoms with Crippen LogP contribution in [-0.2, 0) is 0 Å². The largest absolute Gasteiger partial charge is 0.486 e. The van der Waals surface area contributed by atoms with Crippen molar-refractivity contribution < 1.29 is 14.3 Å². The molecule has 3 heteroatoms. The molecule has 1 heterocycles. The Balaban J connectivity index is 1.77. The fraction of sp³-hybridized carbons (Fsp3) is 0.562. The van der Waals surface area contributed by atoms with Crippen LogP contribution >= 0.6 is 0 Å². The van der Waals surface area contributed by atoms with E-state index < -0.39 is 0 Å². The molecule has 3 nitrogen and oxygen atoms in total. The minimum Gasteiger partial charge on any atom is -0.486 e. The van der Waals surface area contributed by atoms with Gasteiger partial charge in [-0.15, -0.1) is 0 Å². The van der Waals surface area contributed by atoms with Gasteiger partial charge in [-0.2, -0.15) is 0 Å². The molecule has 1 aromatic rings. The molecule has 0 radical (unpaired) electrons. The van der Waals surface area contributed by atoms with Crippen molar-refractivity contribution in [3.05, 3.63) is 23.8 Å². The SMILES string of the molecule is CCC1CCC(C(=O)c2ccc3c(c2)OCCO3)C1. The first-order chi connectivity index (χ1) is 9.28. The average Bonchev–Trinajstić information content (AvgIpc) is 2.95. The second-order valence-electron chi connectivity index (χ2n) is 5.51. The third-order valence-electron chi connectivity index (χ3n) is 4.32. The molecule has 0 amide bonds. The highest BCUT2D eigenvalue weighted by molar-refractivity contribution is 5.98. The molecule has 2 atom stereocenters. The summed E-state index contributed by atoms with van der Waals surface area (Å²) in [6.45, 7) is 3.36. The zero-order valence-electron chi connectivity index (χ0n) is 11.4. The Hall–Kier alpha value is -1.51. The van der Waals surface area contributed by atoms with Crippen molar-refractivity contribution in [2.24, 2.45) is 11.8 Å². The van der Waals surface area contributed by atoms with Crippen LogP contribution in [0.1, 0.15) is 43.0 Å². The average molecular weight is 260 g/mol. The van der Waals surface area contributed by atoms with Gasteiger partial charge in [-0.05, 0) is 43.4 Å². The first kappa shape index (κ1) is 12.5. The van der Waals surface area contributed by atoms with E-state index in [0.717, 1.165) is 30.1 Å². The minimum atomic E-state index is 0.201. The molecule has 1 aliphatic carbocycles. The molecule has 1 aliphatic heterocycles. The molecule has 2 unspecified atom stereocenters. The van der Waals surface area contributed by atoms with Gasteiger partial charge >= 0.3 is 0 Å². The van der Waals surface area contributed by atoms with Crippen LogP contribution in [0.5, 0.6) is 11.5 Å². The summed E-state index contributed by atoms with van der Waals surface area (Å²) in [5.41, 5.74) is 0.769. The van der Waals surface area contributed by atoms with Crippen LogP contribution < -0.4 is 9.47 Å². The van der Waals surface area contributed by atoms with Gasteiger partial charge in [-0.25, -0.2) is 0 Å². The van der Waals surface area contributed by atoms with Crippen molar-refractivity contribution in [1.29, 1.82) is 0 Å². The standard InChI is InChI=1S/C16H20O3/c1-2-11-3-4-12(9-11)16(17)13-5-6-14-15(10-13)19-8-7-18-14/h5-6,10-12H,2-4,7-9H2,1H3. The number of ether oxygens (including phenoxy) is 2. The molecule has 3 rings (SSSR count). The van der Waals surface area contributed by atoms with E-state index in [4.69, 9.17) is 9.47 Å². The Morgan fingerprint density at radius 1 is 1.21 bits per heavy atom. The van der Waals surface area contributed by atoms with E-state index in [1.54, 1.807) is 0 Å². The summed E-state index contributed by atoms with van der Waals surface area (Å²) in [7, 11) is 0. The fourth-order valence-electron chi connectivity index (χ4n) is 3.12. The lowest BCUT2D eigenvalue weighted by Crippen LogP contribution is -2.17. The van der Waals surface area contributed by atoms with E-state index >= 15 is 0 Å². The number of benzene rings is 1. The topological polar surface area (TPSA) is 35.5 Å². The maximum Gasteiger partial charge on any atom is 0.166 e. The molecule has 19 heavy (non-hydrogen) atoms. The van der Waals surface area contributed by atoms with E-state index in [0.29, 0.717) is 19.0 Å². The predicted molar refractivity (Wildman–Crippen MR) is 72.9 cm³/mol. The molecular weight excluding hydrogens is 240 g/mol. The van der Waals surface area contributed by atoms with Gasteiger partial charge in [-0.1, -0.05) is 13.3 Å². The fourth-order valence-corrected chi connectivity index (χ4v) is 3.12. The van der Waals surface area contributed by atoms with Gasteiger partial charge in [0.25, 0.3) is 0 Å². The molecule has 0 N–H and O–H groups in total. The number of carbonyl (C=O) groups is 1. The number of Topliss-reactive ketones (excluding diaryl/α,β-unsaturated/α-hetero) is 1. The second-order valence-corrected chi connectivity index (χ2v) is 5.51. The van der Waals surface area contributed by atoms with E-state index in [1.807, 2.05) is 18.2 Å². The van der Waals surface area contributed by atoms with Crippen LogP contribution in [0.15, 0.2) is 18.2 Å². The number of hydrogen-bond donors (Lipinski definition) is 0. The number of rotatable bonds is 3. The van der Waals surface area contributed by atoms with Gasteiger partial charge in [0.15, 0.2) is 17.3 Å². The Labute approximate surface area is 113 Å². The van der Waals surface area contributed by atoms with Crippen LogP contribution in [0.4, 0.5) is 0 Å². The molecule has 1 fully saturated rings. The quantitative estimate of drug-likeness (QED) is 0.781. The maximum atomic E-state index is 12.5. The van der Waals surface area contributed by atoms with Crippen molar-refractivity contribution >= 4 is 5.78 Å². The summed E-state index contributed by atoms with van der Waals surface area (Å²) >= 11 is 0. The van der Waals surface area contributed by atoms with Gasteiger partial charge in [0, 0.05) is 11.5 Å². The zero-order chi connectivity index (χ0) is 13.2. The Morgan fingerprint density at radius 3 is 2.74 bits per heavy atom. The number of fused-ring (bicyclic) bond motifs is 1. The third-order valence-corrected chi connectivity index (χ3v) is 4.32. The van der Waals surface area contributed by atoms with Gasteiger partial charge in [0.2, 0.25) is 0 Å². The summed E-state index contributed by atoms with van der Waals surface area (Å²) in [5, 5.41) is 0. The van der Waals surface area contributed by atoms with Gasteiger partial charge < -0.3 is 9.47 Å². The van der Waals surface area contributed by atoms with Crippen LogP contribution in [0, 0.1) is 11.8 Å². The molecule has 2 aliphatic rings. The molecule has 0 spiro atoms. The monoisotopic (exact) mass is 260 g/mol. The van der Waals surface area contributed by atoms with Crippen molar-refractivity contribution in [3.8, 4) is 11.5 Å².